The van der Waals surface area contributed by atoms with Gasteiger partial charge < -0.3 is 0 Å². The van der Waals surface area contributed by atoms with Crippen LogP contribution in [0.4, 0.5) is 0 Å². The van der Waals surface area contributed by atoms with E-state index in [1.165, 1.54) is 22.7 Å². The summed E-state index contributed by atoms with van der Waals surface area (Å²) in [6.45, 7) is 2.09. The smallest absolute Gasteiger partial charge is 0.261 e. The summed E-state index contributed by atoms with van der Waals surface area (Å²) in [7, 11) is 0. The first-order valence-electron chi connectivity index (χ1n) is 5.69. The first-order valence-corrected chi connectivity index (χ1v) is 6.51. The van der Waals surface area contributed by atoms with Crippen molar-refractivity contribution in [3.05, 3.63) is 62.3 Å². The van der Waals surface area contributed by atoms with E-state index >= 15 is 0 Å². The first-order chi connectivity index (χ1) is 8.24. The molecule has 0 fully saturated rings. The lowest BCUT2D eigenvalue weighted by molar-refractivity contribution is 0.823. The van der Waals surface area contributed by atoms with Gasteiger partial charge >= 0.3 is 0 Å². The van der Waals surface area contributed by atoms with Gasteiger partial charge in [0.25, 0.3) is 5.56 Å². The van der Waals surface area contributed by atoms with Crippen LogP contribution in [0.2, 0.25) is 0 Å². The minimum Gasteiger partial charge on any atom is -0.277 e. The minimum atomic E-state index is 0.0754. The van der Waals surface area contributed by atoms with Crippen molar-refractivity contribution in [2.45, 2.75) is 19.3 Å². The molecule has 0 bridgehead atoms. The zero-order valence-corrected chi connectivity index (χ0v) is 10.4. The molecule has 2 aromatic rings. The Hall–Kier alpha value is -1.61. The summed E-state index contributed by atoms with van der Waals surface area (Å²) in [5.74, 6) is 0.332. The molecule has 0 saturated heterocycles. The highest BCUT2D eigenvalue weighted by atomic mass is 32.1. The van der Waals surface area contributed by atoms with Gasteiger partial charge in [0.05, 0.1) is 4.88 Å². The van der Waals surface area contributed by atoms with Crippen molar-refractivity contribution in [2.75, 3.05) is 0 Å². The minimum absolute atomic E-state index is 0.0754. The van der Waals surface area contributed by atoms with Crippen LogP contribution in [0.5, 0.6) is 0 Å². The molecule has 1 aromatic carbocycles. The molecule has 0 spiro atoms. The Morgan fingerprint density at radius 2 is 2.06 bits per heavy atom. The highest BCUT2D eigenvalue weighted by Crippen LogP contribution is 2.29. The number of fused-ring (bicyclic) bond motifs is 1. The Bertz CT molecular complexity index is 618. The number of benzene rings is 1. The van der Waals surface area contributed by atoms with E-state index in [9.17, 15) is 4.79 Å². The fourth-order valence-corrected chi connectivity index (χ4v) is 2.97. The number of allylic oxidation sites excluding steroid dienone is 1. The maximum absolute atomic E-state index is 11.6. The maximum Gasteiger partial charge on any atom is 0.261 e. The van der Waals surface area contributed by atoms with E-state index in [0.29, 0.717) is 5.92 Å². The van der Waals surface area contributed by atoms with Crippen LogP contribution in [-0.2, 0) is 6.42 Å². The molecule has 1 aliphatic rings. The van der Waals surface area contributed by atoms with Gasteiger partial charge in [-0.2, -0.15) is 0 Å². The second kappa shape index (κ2) is 4.00. The second-order valence-corrected chi connectivity index (χ2v) is 5.30. The Balaban J connectivity index is 1.96. The lowest BCUT2D eigenvalue weighted by Gasteiger charge is -2.16. The Morgan fingerprint density at radius 3 is 2.82 bits per heavy atom. The standard InChI is InChI=1S/C14H13NOS/c1-9-2-4-10(5-3-9)11-6-7-13-12(8-11)14(16)15-17-13/h2-7,11H,8H2,1H3,(H,15,16). The fourth-order valence-electron chi connectivity index (χ4n) is 2.20. The largest absolute Gasteiger partial charge is 0.277 e. The zero-order valence-electron chi connectivity index (χ0n) is 9.57. The van der Waals surface area contributed by atoms with Gasteiger partial charge in [0, 0.05) is 11.5 Å². The average molecular weight is 243 g/mol. The molecular formula is C14H13NOS. The molecule has 1 aromatic heterocycles. The number of rotatable bonds is 1. The van der Waals surface area contributed by atoms with E-state index in [0.717, 1.165) is 16.9 Å². The third kappa shape index (κ3) is 1.87. The Kier molecular flexibility index (Phi) is 2.48. The van der Waals surface area contributed by atoms with E-state index in [1.807, 2.05) is 0 Å². The molecule has 17 heavy (non-hydrogen) atoms. The van der Waals surface area contributed by atoms with Gasteiger partial charge in [-0.1, -0.05) is 47.4 Å². The molecule has 3 heteroatoms. The number of hydrogen-bond acceptors (Lipinski definition) is 2. The summed E-state index contributed by atoms with van der Waals surface area (Å²) in [4.78, 5) is 12.7. The summed E-state index contributed by atoms with van der Waals surface area (Å²) in [6, 6.07) is 8.54. The molecule has 1 aliphatic carbocycles. The second-order valence-electron chi connectivity index (χ2n) is 4.46. The van der Waals surface area contributed by atoms with Gasteiger partial charge in [0.15, 0.2) is 0 Å². The van der Waals surface area contributed by atoms with E-state index in [4.69, 9.17) is 0 Å². The van der Waals surface area contributed by atoms with Crippen molar-refractivity contribution in [3.63, 3.8) is 0 Å². The van der Waals surface area contributed by atoms with Crippen molar-refractivity contribution < 1.29 is 0 Å². The Morgan fingerprint density at radius 1 is 1.29 bits per heavy atom. The quantitative estimate of drug-likeness (QED) is 0.820. The van der Waals surface area contributed by atoms with Crippen LogP contribution >= 0.6 is 11.5 Å². The van der Waals surface area contributed by atoms with Crippen LogP contribution in [0, 0.1) is 6.92 Å². The van der Waals surface area contributed by atoms with E-state index < -0.39 is 0 Å². The van der Waals surface area contributed by atoms with Crippen LogP contribution in [0.1, 0.15) is 27.5 Å². The average Bonchev–Trinajstić information content (AvgIpc) is 2.72. The number of H-pyrrole nitrogens is 1. The highest BCUT2D eigenvalue weighted by Gasteiger charge is 2.19. The molecule has 86 valence electrons. The molecule has 0 aliphatic heterocycles. The van der Waals surface area contributed by atoms with Crippen LogP contribution in [0.15, 0.2) is 35.1 Å². The fraction of sp³-hybridized carbons (Fsp3) is 0.214. The summed E-state index contributed by atoms with van der Waals surface area (Å²) >= 11 is 1.43. The number of aromatic nitrogens is 1. The maximum atomic E-state index is 11.6. The normalized spacial score (nSPS) is 18.1. The third-order valence-electron chi connectivity index (χ3n) is 3.23. The van der Waals surface area contributed by atoms with Crippen molar-refractivity contribution >= 4 is 17.6 Å². The molecule has 1 unspecified atom stereocenters. The van der Waals surface area contributed by atoms with Crippen LogP contribution in [-0.4, -0.2) is 4.37 Å². The molecule has 2 nitrogen and oxygen atoms in total. The highest BCUT2D eigenvalue weighted by molar-refractivity contribution is 7.06. The number of aryl methyl sites for hydroxylation is 1. The van der Waals surface area contributed by atoms with Gasteiger partial charge in [-0.3, -0.25) is 9.17 Å². The van der Waals surface area contributed by atoms with E-state index in [1.54, 1.807) is 0 Å². The van der Waals surface area contributed by atoms with Gasteiger partial charge in [-0.05, 0) is 25.0 Å². The van der Waals surface area contributed by atoms with E-state index in [2.05, 4.69) is 47.7 Å². The predicted octanol–water partition coefficient (Wildman–Crippen LogP) is 3.10. The predicted molar refractivity (Wildman–Crippen MR) is 71.6 cm³/mol. The Labute approximate surface area is 104 Å². The van der Waals surface area contributed by atoms with Gasteiger partial charge in [-0.25, -0.2) is 0 Å². The zero-order chi connectivity index (χ0) is 11.8. The topological polar surface area (TPSA) is 32.9 Å². The lowest BCUT2D eigenvalue weighted by atomic mass is 9.88. The molecule has 1 atom stereocenters. The van der Waals surface area contributed by atoms with Crippen molar-refractivity contribution in [1.82, 2.24) is 4.37 Å². The molecule has 1 heterocycles. The number of hydrogen-bond donors (Lipinski definition) is 1. The van der Waals surface area contributed by atoms with Crippen LogP contribution in [0.25, 0.3) is 6.08 Å². The van der Waals surface area contributed by atoms with Gasteiger partial charge in [0.1, 0.15) is 0 Å². The summed E-state index contributed by atoms with van der Waals surface area (Å²) < 4.78 is 2.80. The molecular weight excluding hydrogens is 230 g/mol. The summed E-state index contributed by atoms with van der Waals surface area (Å²) in [5.41, 5.74) is 3.56. The summed E-state index contributed by atoms with van der Waals surface area (Å²) in [5, 5.41) is 0. The number of nitrogens with one attached hydrogen (secondary N) is 1. The van der Waals surface area contributed by atoms with Crippen molar-refractivity contribution in [1.29, 1.82) is 0 Å². The van der Waals surface area contributed by atoms with Gasteiger partial charge in [0.2, 0.25) is 0 Å². The molecule has 0 saturated carbocycles. The van der Waals surface area contributed by atoms with E-state index in [-0.39, 0.29) is 5.56 Å². The van der Waals surface area contributed by atoms with Crippen molar-refractivity contribution in [2.24, 2.45) is 0 Å². The number of aromatic amines is 1. The molecule has 0 radical (unpaired) electrons. The lowest BCUT2D eigenvalue weighted by Crippen LogP contribution is -2.12. The van der Waals surface area contributed by atoms with Gasteiger partial charge in [-0.15, -0.1) is 0 Å². The monoisotopic (exact) mass is 243 g/mol. The third-order valence-corrected chi connectivity index (χ3v) is 4.12. The first kappa shape index (κ1) is 10.5. The van der Waals surface area contributed by atoms with Crippen LogP contribution in [0.3, 0.4) is 0 Å². The SMILES string of the molecule is Cc1ccc(C2C=Cc3s[nH]c(=O)c3C2)cc1. The van der Waals surface area contributed by atoms with Crippen LogP contribution < -0.4 is 5.56 Å². The van der Waals surface area contributed by atoms with Crippen molar-refractivity contribution in [3.8, 4) is 0 Å². The molecule has 3 rings (SSSR count). The molecule has 1 N–H and O–H groups in total. The summed E-state index contributed by atoms with van der Waals surface area (Å²) in [6.07, 6.45) is 5.07. The molecule has 0 amide bonds.